The molecule has 1 aliphatic rings. The van der Waals surface area contributed by atoms with Crippen molar-refractivity contribution in [1.82, 2.24) is 10.4 Å². The maximum Gasteiger partial charge on any atom is 0.238 e. The predicted molar refractivity (Wildman–Crippen MR) is 57.7 cm³/mol. The molecule has 3 N–H and O–H groups in total. The third-order valence-corrected chi connectivity index (χ3v) is 2.62. The Morgan fingerprint density at radius 1 is 1.50 bits per heavy atom. The number of benzene rings is 1. The van der Waals surface area contributed by atoms with E-state index in [1.165, 1.54) is 11.1 Å². The molecule has 0 spiro atoms. The monoisotopic (exact) mass is 223 g/mol. The van der Waals surface area contributed by atoms with Crippen molar-refractivity contribution < 1.29 is 9.18 Å². The van der Waals surface area contributed by atoms with E-state index >= 15 is 0 Å². The lowest BCUT2D eigenvalue weighted by molar-refractivity contribution is -0.129. The predicted octanol–water partition coefficient (Wildman–Crippen LogP) is 0.562. The van der Waals surface area contributed by atoms with Crippen LogP contribution in [-0.4, -0.2) is 24.0 Å². The maximum absolute atomic E-state index is 13.5. The molecule has 0 saturated carbocycles. The van der Waals surface area contributed by atoms with E-state index in [0.717, 1.165) is 0 Å². The van der Waals surface area contributed by atoms with Crippen molar-refractivity contribution in [3.05, 3.63) is 35.6 Å². The van der Waals surface area contributed by atoms with Crippen LogP contribution in [0.3, 0.4) is 0 Å². The zero-order valence-electron chi connectivity index (χ0n) is 8.82. The number of hydrogen-bond acceptors (Lipinski definition) is 3. The Labute approximate surface area is 93.2 Å². The summed E-state index contributed by atoms with van der Waals surface area (Å²) < 4.78 is 13.5. The molecule has 1 amide bonds. The van der Waals surface area contributed by atoms with Gasteiger partial charge in [-0.2, -0.15) is 0 Å². The molecule has 4 nitrogen and oxygen atoms in total. The average Bonchev–Trinajstić information content (AvgIpc) is 2.61. The second-order valence-electron chi connectivity index (χ2n) is 3.74. The van der Waals surface area contributed by atoms with Gasteiger partial charge in [-0.25, -0.2) is 9.82 Å². The van der Waals surface area contributed by atoms with E-state index in [4.69, 9.17) is 5.73 Å². The molecular formula is C11H14FN3O. The normalized spacial score (nSPS) is 20.5. The smallest absolute Gasteiger partial charge is 0.238 e. The minimum absolute atomic E-state index is 0.0429. The number of halogens is 1. The lowest BCUT2D eigenvalue weighted by Gasteiger charge is -2.17. The highest BCUT2D eigenvalue weighted by Crippen LogP contribution is 2.25. The number of amides is 1. The van der Waals surface area contributed by atoms with Gasteiger partial charge in [-0.15, -0.1) is 0 Å². The van der Waals surface area contributed by atoms with Crippen molar-refractivity contribution in [2.45, 2.75) is 12.5 Å². The van der Waals surface area contributed by atoms with Gasteiger partial charge in [-0.3, -0.25) is 9.80 Å². The number of carbonyl (C=O) groups is 1. The number of rotatable bonds is 3. The molecule has 0 radical (unpaired) electrons. The molecule has 2 rings (SSSR count). The second-order valence-corrected chi connectivity index (χ2v) is 3.74. The molecule has 1 atom stereocenters. The third-order valence-electron chi connectivity index (χ3n) is 2.62. The summed E-state index contributed by atoms with van der Waals surface area (Å²) in [4.78, 5) is 11.5. The first-order valence-corrected chi connectivity index (χ1v) is 5.23. The summed E-state index contributed by atoms with van der Waals surface area (Å²) in [6.07, 6.45) is 0.279. The van der Waals surface area contributed by atoms with E-state index in [0.29, 0.717) is 18.7 Å². The molecule has 1 aromatic rings. The first kappa shape index (κ1) is 11.0. The fourth-order valence-electron chi connectivity index (χ4n) is 1.85. The van der Waals surface area contributed by atoms with Gasteiger partial charge in [-0.1, -0.05) is 18.2 Å². The summed E-state index contributed by atoms with van der Waals surface area (Å²) >= 11 is 0. The molecule has 0 aromatic heterocycles. The van der Waals surface area contributed by atoms with Crippen molar-refractivity contribution in [2.24, 2.45) is 5.73 Å². The molecule has 1 saturated heterocycles. The van der Waals surface area contributed by atoms with Gasteiger partial charge in [0.25, 0.3) is 0 Å². The number of nitrogens with zero attached hydrogens (tertiary/aromatic N) is 1. The molecule has 1 heterocycles. The Bertz CT molecular complexity index is 397. The molecule has 1 fully saturated rings. The molecule has 5 heteroatoms. The number of hydrazine groups is 1. The molecule has 16 heavy (non-hydrogen) atoms. The van der Waals surface area contributed by atoms with Crippen LogP contribution in [0.5, 0.6) is 0 Å². The number of hydrogen-bond donors (Lipinski definition) is 2. The van der Waals surface area contributed by atoms with E-state index < -0.39 is 0 Å². The van der Waals surface area contributed by atoms with Crippen molar-refractivity contribution >= 4 is 5.91 Å². The lowest BCUT2D eigenvalue weighted by Crippen LogP contribution is -2.38. The van der Waals surface area contributed by atoms with Crippen molar-refractivity contribution in [2.75, 3.05) is 13.1 Å². The summed E-state index contributed by atoms with van der Waals surface area (Å²) in [5, 5.41) is 1.46. The molecule has 0 aliphatic carbocycles. The standard InChI is InChI=1S/C11H14FN3O/c12-9-4-2-1-3-8(9)10-7-11(16)15(14-10)6-5-13/h1-4,10,14H,5-7,13H2. The van der Waals surface area contributed by atoms with Gasteiger partial charge in [-0.05, 0) is 6.07 Å². The molecule has 86 valence electrons. The van der Waals surface area contributed by atoms with Crippen molar-refractivity contribution in [3.63, 3.8) is 0 Å². The summed E-state index contributed by atoms with van der Waals surface area (Å²) in [6.45, 7) is 0.840. The minimum Gasteiger partial charge on any atom is -0.329 e. The second kappa shape index (κ2) is 4.59. The Hall–Kier alpha value is -1.46. The zero-order chi connectivity index (χ0) is 11.5. The zero-order valence-corrected chi connectivity index (χ0v) is 8.82. The van der Waals surface area contributed by atoms with Crippen LogP contribution in [-0.2, 0) is 4.79 Å². The SMILES string of the molecule is NCCN1NC(c2ccccc2F)CC1=O. The van der Waals surface area contributed by atoms with E-state index in [1.54, 1.807) is 18.2 Å². The molecule has 1 aromatic carbocycles. The summed E-state index contributed by atoms with van der Waals surface area (Å²) in [7, 11) is 0. The van der Waals surface area contributed by atoms with Crippen LogP contribution in [0.15, 0.2) is 24.3 Å². The van der Waals surface area contributed by atoms with Gasteiger partial charge in [0.1, 0.15) is 5.82 Å². The van der Waals surface area contributed by atoms with Crippen LogP contribution in [0.2, 0.25) is 0 Å². The van der Waals surface area contributed by atoms with Crippen LogP contribution in [0.1, 0.15) is 18.0 Å². The minimum atomic E-state index is -0.289. The van der Waals surface area contributed by atoms with Gasteiger partial charge in [0.2, 0.25) is 5.91 Å². The van der Waals surface area contributed by atoms with Crippen LogP contribution >= 0.6 is 0 Å². The maximum atomic E-state index is 13.5. The first-order chi connectivity index (χ1) is 7.72. The first-order valence-electron chi connectivity index (χ1n) is 5.23. The highest BCUT2D eigenvalue weighted by atomic mass is 19.1. The Morgan fingerprint density at radius 2 is 2.25 bits per heavy atom. The van der Waals surface area contributed by atoms with E-state index in [1.807, 2.05) is 0 Å². The van der Waals surface area contributed by atoms with Crippen LogP contribution < -0.4 is 11.2 Å². The largest absolute Gasteiger partial charge is 0.329 e. The van der Waals surface area contributed by atoms with Crippen LogP contribution in [0, 0.1) is 5.82 Å². The van der Waals surface area contributed by atoms with Crippen LogP contribution in [0.4, 0.5) is 4.39 Å². The third kappa shape index (κ3) is 2.05. The number of carbonyl (C=O) groups excluding carboxylic acids is 1. The number of nitrogens with two attached hydrogens (primary N) is 1. The van der Waals surface area contributed by atoms with Crippen molar-refractivity contribution in [3.8, 4) is 0 Å². The Balaban J connectivity index is 2.14. The summed E-state index contributed by atoms with van der Waals surface area (Å²) in [5.74, 6) is -0.332. The Morgan fingerprint density at radius 3 is 2.94 bits per heavy atom. The fraction of sp³-hybridized carbons (Fsp3) is 0.364. The highest BCUT2D eigenvalue weighted by Gasteiger charge is 2.30. The van der Waals surface area contributed by atoms with Gasteiger partial charge in [0, 0.05) is 25.1 Å². The average molecular weight is 223 g/mol. The topological polar surface area (TPSA) is 58.4 Å². The summed E-state index contributed by atoms with van der Waals surface area (Å²) in [6, 6.07) is 6.20. The van der Waals surface area contributed by atoms with Crippen molar-refractivity contribution in [1.29, 1.82) is 0 Å². The van der Waals surface area contributed by atoms with Gasteiger partial charge in [0.05, 0.1) is 6.04 Å². The van der Waals surface area contributed by atoms with E-state index in [2.05, 4.69) is 5.43 Å². The lowest BCUT2D eigenvalue weighted by atomic mass is 10.1. The highest BCUT2D eigenvalue weighted by molar-refractivity contribution is 5.78. The quantitative estimate of drug-likeness (QED) is 0.787. The molecule has 1 aliphatic heterocycles. The van der Waals surface area contributed by atoms with Gasteiger partial charge in [0.15, 0.2) is 0 Å². The Kier molecular flexibility index (Phi) is 3.17. The van der Waals surface area contributed by atoms with Crippen LogP contribution in [0.25, 0.3) is 0 Å². The number of nitrogens with one attached hydrogen (secondary N) is 1. The molecule has 1 unspecified atom stereocenters. The van der Waals surface area contributed by atoms with Gasteiger partial charge < -0.3 is 5.73 Å². The summed E-state index contributed by atoms with van der Waals surface area (Å²) in [5.41, 5.74) is 8.86. The van der Waals surface area contributed by atoms with E-state index in [9.17, 15) is 9.18 Å². The van der Waals surface area contributed by atoms with Gasteiger partial charge >= 0.3 is 0 Å². The van der Waals surface area contributed by atoms with E-state index in [-0.39, 0.29) is 24.2 Å². The molecule has 0 bridgehead atoms. The fourth-order valence-corrected chi connectivity index (χ4v) is 1.85. The molecular weight excluding hydrogens is 209 g/mol.